The van der Waals surface area contributed by atoms with Crippen LogP contribution in [0.4, 0.5) is 4.79 Å². The fraction of sp³-hybridized carbons (Fsp3) is 0.571. The molecule has 10 heavy (non-hydrogen) atoms. The van der Waals surface area contributed by atoms with Crippen molar-refractivity contribution in [1.29, 1.82) is 0 Å². The molecule has 1 rings (SSSR count). The number of ether oxygens (including phenoxy) is 1. The second-order valence-corrected chi connectivity index (χ2v) is 2.20. The maximum absolute atomic E-state index is 10.8. The third kappa shape index (κ3) is 1.12. The summed E-state index contributed by atoms with van der Waals surface area (Å²) in [7, 11) is 1.72. The normalized spacial score (nSPS) is 23.2. The van der Waals surface area contributed by atoms with Crippen LogP contribution in [-0.4, -0.2) is 24.6 Å². The van der Waals surface area contributed by atoms with E-state index in [2.05, 4.69) is 0 Å². The molecular formula is C7H11NO2. The summed E-state index contributed by atoms with van der Waals surface area (Å²) in [5, 5.41) is 0. The lowest BCUT2D eigenvalue weighted by Crippen LogP contribution is -2.32. The number of carbonyl (C=O) groups excluding carboxylic acids is 1. The van der Waals surface area contributed by atoms with Crippen molar-refractivity contribution in [2.75, 3.05) is 13.7 Å². The monoisotopic (exact) mass is 141 g/mol. The Bertz CT molecular complexity index is 174. The van der Waals surface area contributed by atoms with Crippen molar-refractivity contribution >= 4 is 6.09 Å². The molecule has 1 heterocycles. The van der Waals surface area contributed by atoms with Gasteiger partial charge in [-0.2, -0.15) is 0 Å². The zero-order chi connectivity index (χ0) is 7.56. The first-order chi connectivity index (χ1) is 4.75. The average molecular weight is 141 g/mol. The number of amides is 1. The van der Waals surface area contributed by atoms with Crippen LogP contribution >= 0.6 is 0 Å². The second-order valence-electron chi connectivity index (χ2n) is 2.20. The molecule has 0 N–H and O–H groups in total. The van der Waals surface area contributed by atoms with Crippen molar-refractivity contribution in [3.8, 4) is 0 Å². The molecule has 0 atom stereocenters. The lowest BCUT2D eigenvalue weighted by atomic mass is 10.3. The molecule has 0 aromatic carbocycles. The first-order valence-corrected chi connectivity index (χ1v) is 3.31. The lowest BCUT2D eigenvalue weighted by molar-refractivity contribution is 0.100. The van der Waals surface area contributed by atoms with Crippen molar-refractivity contribution in [3.05, 3.63) is 11.8 Å². The first kappa shape index (κ1) is 7.12. The summed E-state index contributed by atoms with van der Waals surface area (Å²) in [4.78, 5) is 12.4. The van der Waals surface area contributed by atoms with E-state index in [-0.39, 0.29) is 6.09 Å². The molecule has 0 radical (unpaired) electrons. The zero-order valence-corrected chi connectivity index (χ0v) is 6.26. The first-order valence-electron chi connectivity index (χ1n) is 3.31. The Balaban J connectivity index is 2.69. The second kappa shape index (κ2) is 2.73. The highest BCUT2D eigenvalue weighted by molar-refractivity contribution is 5.70. The summed E-state index contributed by atoms with van der Waals surface area (Å²) in [6, 6.07) is 0. The molecule has 0 saturated carbocycles. The highest BCUT2D eigenvalue weighted by Crippen LogP contribution is 2.13. The Morgan fingerprint density at radius 2 is 2.40 bits per heavy atom. The molecule has 1 amide bonds. The number of nitrogens with zero attached hydrogens (tertiary/aromatic N) is 1. The Labute approximate surface area is 60.3 Å². The molecule has 0 aliphatic carbocycles. The van der Waals surface area contributed by atoms with Gasteiger partial charge in [0.05, 0.1) is 6.61 Å². The van der Waals surface area contributed by atoms with E-state index in [1.54, 1.807) is 7.05 Å². The summed E-state index contributed by atoms with van der Waals surface area (Å²) in [6.45, 7) is 2.44. The number of allylic oxidation sites excluding steroid dienone is 1. The maximum atomic E-state index is 10.8. The largest absolute Gasteiger partial charge is 0.449 e. The number of carbonyl (C=O) groups is 1. The van der Waals surface area contributed by atoms with Gasteiger partial charge in [0.15, 0.2) is 0 Å². The minimum atomic E-state index is -0.251. The Hall–Kier alpha value is -0.990. The smallest absolute Gasteiger partial charge is 0.413 e. The van der Waals surface area contributed by atoms with Crippen LogP contribution in [0.2, 0.25) is 0 Å². The van der Waals surface area contributed by atoms with Gasteiger partial charge in [-0.15, -0.1) is 0 Å². The van der Waals surface area contributed by atoms with E-state index in [0.717, 1.165) is 12.1 Å². The molecule has 56 valence electrons. The molecule has 0 aromatic heterocycles. The molecule has 1 aliphatic rings. The van der Waals surface area contributed by atoms with Crippen LogP contribution in [0.1, 0.15) is 13.3 Å². The van der Waals surface area contributed by atoms with E-state index < -0.39 is 0 Å². The Kier molecular flexibility index (Phi) is 1.94. The van der Waals surface area contributed by atoms with E-state index in [4.69, 9.17) is 4.74 Å². The predicted molar refractivity (Wildman–Crippen MR) is 37.5 cm³/mol. The average Bonchev–Trinajstić information content (AvgIpc) is 1.95. The fourth-order valence-electron chi connectivity index (χ4n) is 0.963. The van der Waals surface area contributed by atoms with Gasteiger partial charge in [0.25, 0.3) is 0 Å². The number of hydrogen-bond acceptors (Lipinski definition) is 2. The molecule has 1 saturated heterocycles. The minimum absolute atomic E-state index is 0.251. The van der Waals surface area contributed by atoms with Gasteiger partial charge in [0, 0.05) is 19.2 Å². The third-order valence-corrected chi connectivity index (χ3v) is 1.62. The van der Waals surface area contributed by atoms with Crippen molar-refractivity contribution in [1.82, 2.24) is 4.90 Å². The van der Waals surface area contributed by atoms with Crippen LogP contribution in [0.25, 0.3) is 0 Å². The van der Waals surface area contributed by atoms with E-state index in [0.29, 0.717) is 6.61 Å². The lowest BCUT2D eigenvalue weighted by Gasteiger charge is -2.24. The van der Waals surface area contributed by atoms with Crippen LogP contribution in [0, 0.1) is 0 Å². The van der Waals surface area contributed by atoms with Gasteiger partial charge in [-0.25, -0.2) is 4.79 Å². The van der Waals surface area contributed by atoms with Gasteiger partial charge in [0.2, 0.25) is 0 Å². The molecule has 3 nitrogen and oxygen atoms in total. The van der Waals surface area contributed by atoms with E-state index >= 15 is 0 Å². The fourth-order valence-corrected chi connectivity index (χ4v) is 0.963. The molecule has 0 spiro atoms. The summed E-state index contributed by atoms with van der Waals surface area (Å²) in [5.74, 6) is 0. The summed E-state index contributed by atoms with van der Waals surface area (Å²) in [5.41, 5.74) is 1.04. The number of cyclic esters (lactones) is 1. The van der Waals surface area contributed by atoms with E-state index in [1.165, 1.54) is 4.90 Å². The van der Waals surface area contributed by atoms with Gasteiger partial charge < -0.3 is 4.74 Å². The Morgan fingerprint density at radius 1 is 1.70 bits per heavy atom. The number of rotatable bonds is 0. The summed E-state index contributed by atoms with van der Waals surface area (Å²) < 4.78 is 4.77. The maximum Gasteiger partial charge on any atom is 0.413 e. The van der Waals surface area contributed by atoms with Crippen LogP contribution in [0.5, 0.6) is 0 Å². The molecule has 0 aromatic rings. The topological polar surface area (TPSA) is 29.5 Å². The molecule has 0 bridgehead atoms. The van der Waals surface area contributed by atoms with Crippen LogP contribution in [0.3, 0.4) is 0 Å². The molecule has 1 fully saturated rings. The van der Waals surface area contributed by atoms with Crippen molar-refractivity contribution in [3.63, 3.8) is 0 Å². The van der Waals surface area contributed by atoms with Crippen LogP contribution in [-0.2, 0) is 4.74 Å². The molecule has 3 heteroatoms. The SMILES string of the molecule is C/C=C1\CCOC(=O)N1C. The van der Waals surface area contributed by atoms with Crippen LogP contribution < -0.4 is 0 Å². The summed E-state index contributed by atoms with van der Waals surface area (Å²) >= 11 is 0. The van der Waals surface area contributed by atoms with Gasteiger partial charge in [0.1, 0.15) is 0 Å². The van der Waals surface area contributed by atoms with Crippen molar-refractivity contribution in [2.45, 2.75) is 13.3 Å². The summed E-state index contributed by atoms with van der Waals surface area (Å²) in [6.07, 6.45) is 2.51. The molecule has 1 aliphatic heterocycles. The minimum Gasteiger partial charge on any atom is -0.449 e. The van der Waals surface area contributed by atoms with Gasteiger partial charge in [-0.05, 0) is 6.92 Å². The van der Waals surface area contributed by atoms with Gasteiger partial charge in [-0.1, -0.05) is 6.08 Å². The van der Waals surface area contributed by atoms with Gasteiger partial charge in [-0.3, -0.25) is 4.90 Å². The molecular weight excluding hydrogens is 130 g/mol. The van der Waals surface area contributed by atoms with Crippen molar-refractivity contribution in [2.24, 2.45) is 0 Å². The third-order valence-electron chi connectivity index (χ3n) is 1.62. The highest BCUT2D eigenvalue weighted by atomic mass is 16.6. The van der Waals surface area contributed by atoms with E-state index in [9.17, 15) is 4.79 Å². The standard InChI is InChI=1S/C7H11NO2/c1-3-6-4-5-10-7(9)8(6)2/h3H,4-5H2,1-2H3/b6-3+. The zero-order valence-electron chi connectivity index (χ0n) is 6.26. The van der Waals surface area contributed by atoms with Crippen LogP contribution in [0.15, 0.2) is 11.8 Å². The molecule has 0 unspecified atom stereocenters. The number of hydrogen-bond donors (Lipinski definition) is 0. The predicted octanol–water partition coefficient (Wildman–Crippen LogP) is 1.36. The Morgan fingerprint density at radius 3 is 2.90 bits per heavy atom. The highest BCUT2D eigenvalue weighted by Gasteiger charge is 2.18. The van der Waals surface area contributed by atoms with E-state index in [1.807, 2.05) is 13.0 Å². The van der Waals surface area contributed by atoms with Crippen molar-refractivity contribution < 1.29 is 9.53 Å². The quantitative estimate of drug-likeness (QED) is 0.509. The van der Waals surface area contributed by atoms with Gasteiger partial charge >= 0.3 is 6.09 Å².